The molecule has 0 saturated carbocycles. The van der Waals surface area contributed by atoms with Crippen LogP contribution >= 0.6 is 0 Å². The van der Waals surface area contributed by atoms with Crippen LogP contribution < -0.4 is 0 Å². The van der Waals surface area contributed by atoms with E-state index in [1.165, 1.54) is 0 Å². The number of rotatable bonds is 7. The summed E-state index contributed by atoms with van der Waals surface area (Å²) in [5.41, 5.74) is 2.76. The number of nitrogens with zero attached hydrogens (tertiary/aromatic N) is 3. The average molecular weight is 414 g/mol. The highest BCUT2D eigenvalue weighted by Crippen LogP contribution is 2.27. The Bertz CT molecular complexity index is 1100. The van der Waals surface area contributed by atoms with E-state index in [-0.39, 0.29) is 5.92 Å². The summed E-state index contributed by atoms with van der Waals surface area (Å²) in [4.78, 5) is 13.4. The van der Waals surface area contributed by atoms with Gasteiger partial charge in [-0.3, -0.25) is 4.79 Å². The standard InChI is InChI=1S/C26H27N3O2/c30-26(31)22-12-7-17-29(19-22)16-4-3-8-20-9-5-13-23(18-20)27-28-25-15-6-11-21-10-1-2-14-24(21)25/h1-3,5-6,8-11,13-15,18,22H,4,7,12,16-17,19H2,(H,30,31). The average Bonchev–Trinajstić information content (AvgIpc) is 2.81. The molecule has 5 heteroatoms. The highest BCUT2D eigenvalue weighted by molar-refractivity contribution is 5.92. The molecular formula is C26H27N3O2. The van der Waals surface area contributed by atoms with Crippen LogP contribution in [0.4, 0.5) is 11.4 Å². The van der Waals surface area contributed by atoms with E-state index < -0.39 is 5.97 Å². The van der Waals surface area contributed by atoms with Crippen molar-refractivity contribution in [1.29, 1.82) is 0 Å². The Balaban J connectivity index is 1.36. The molecule has 0 radical (unpaired) electrons. The lowest BCUT2D eigenvalue weighted by atomic mass is 9.98. The summed E-state index contributed by atoms with van der Waals surface area (Å²) in [5, 5.41) is 20.4. The quantitative estimate of drug-likeness (QED) is 0.452. The second-order valence-corrected chi connectivity index (χ2v) is 7.96. The minimum atomic E-state index is -0.672. The normalized spacial score (nSPS) is 17.6. The smallest absolute Gasteiger partial charge is 0.307 e. The lowest BCUT2D eigenvalue weighted by Crippen LogP contribution is -2.38. The third-order valence-electron chi connectivity index (χ3n) is 5.69. The van der Waals surface area contributed by atoms with Crippen molar-refractivity contribution in [2.24, 2.45) is 16.1 Å². The van der Waals surface area contributed by atoms with Crippen LogP contribution in [0.15, 0.2) is 83.0 Å². The molecule has 0 aromatic heterocycles. The number of carbonyl (C=O) groups is 1. The highest BCUT2D eigenvalue weighted by Gasteiger charge is 2.24. The summed E-state index contributed by atoms with van der Waals surface area (Å²) >= 11 is 0. The van der Waals surface area contributed by atoms with Crippen LogP contribution in [0, 0.1) is 5.92 Å². The van der Waals surface area contributed by atoms with Crippen molar-refractivity contribution in [1.82, 2.24) is 4.90 Å². The van der Waals surface area contributed by atoms with Crippen LogP contribution in [0.5, 0.6) is 0 Å². The lowest BCUT2D eigenvalue weighted by molar-refractivity contribution is -0.143. The maximum atomic E-state index is 11.2. The predicted octanol–water partition coefficient (Wildman–Crippen LogP) is 6.46. The maximum Gasteiger partial charge on any atom is 0.307 e. The van der Waals surface area contributed by atoms with Gasteiger partial charge in [-0.25, -0.2) is 0 Å². The molecule has 0 amide bonds. The Hall–Kier alpha value is -3.31. The Morgan fingerprint density at radius 2 is 1.90 bits per heavy atom. The van der Waals surface area contributed by atoms with E-state index >= 15 is 0 Å². The first kappa shape index (κ1) is 20.9. The molecule has 1 atom stereocenters. The molecule has 0 bridgehead atoms. The summed E-state index contributed by atoms with van der Waals surface area (Å²) in [5.74, 6) is -0.892. The van der Waals surface area contributed by atoms with E-state index in [1.54, 1.807) is 0 Å². The fraction of sp³-hybridized carbons (Fsp3) is 0.269. The van der Waals surface area contributed by atoms with E-state index in [4.69, 9.17) is 0 Å². The predicted molar refractivity (Wildman–Crippen MR) is 125 cm³/mol. The van der Waals surface area contributed by atoms with Gasteiger partial charge in [0.2, 0.25) is 0 Å². The maximum absolute atomic E-state index is 11.2. The topological polar surface area (TPSA) is 65.3 Å². The molecule has 0 aliphatic carbocycles. The van der Waals surface area contributed by atoms with Gasteiger partial charge in [-0.05, 0) is 55.0 Å². The van der Waals surface area contributed by atoms with E-state index in [2.05, 4.69) is 51.5 Å². The zero-order valence-electron chi connectivity index (χ0n) is 17.5. The number of aliphatic carboxylic acids is 1. The molecule has 3 aromatic carbocycles. The number of carboxylic acid groups (broad SMARTS) is 1. The van der Waals surface area contributed by atoms with Gasteiger partial charge >= 0.3 is 5.97 Å². The number of hydrogen-bond acceptors (Lipinski definition) is 4. The number of fused-ring (bicyclic) bond motifs is 1. The number of benzene rings is 3. The molecule has 1 fully saturated rings. The monoisotopic (exact) mass is 413 g/mol. The van der Waals surface area contributed by atoms with Crippen LogP contribution in [0.2, 0.25) is 0 Å². The molecular weight excluding hydrogens is 386 g/mol. The van der Waals surface area contributed by atoms with Gasteiger partial charge in [-0.15, -0.1) is 5.11 Å². The first-order valence-electron chi connectivity index (χ1n) is 10.8. The zero-order valence-corrected chi connectivity index (χ0v) is 17.5. The van der Waals surface area contributed by atoms with Crippen LogP contribution in [-0.4, -0.2) is 35.6 Å². The second-order valence-electron chi connectivity index (χ2n) is 7.96. The van der Waals surface area contributed by atoms with Gasteiger partial charge in [-0.2, -0.15) is 5.11 Å². The first-order valence-corrected chi connectivity index (χ1v) is 10.8. The molecule has 1 aliphatic heterocycles. The molecule has 1 aliphatic rings. The van der Waals surface area contributed by atoms with Crippen molar-refractivity contribution >= 4 is 34.2 Å². The minimum Gasteiger partial charge on any atom is -0.481 e. The number of piperidine rings is 1. The summed E-state index contributed by atoms with van der Waals surface area (Å²) < 4.78 is 0. The Morgan fingerprint density at radius 3 is 2.81 bits per heavy atom. The summed E-state index contributed by atoms with van der Waals surface area (Å²) in [6.45, 7) is 2.54. The largest absolute Gasteiger partial charge is 0.481 e. The molecule has 158 valence electrons. The van der Waals surface area contributed by atoms with Gasteiger partial charge in [0.05, 0.1) is 17.3 Å². The lowest BCUT2D eigenvalue weighted by Gasteiger charge is -2.30. The van der Waals surface area contributed by atoms with Crippen LogP contribution in [0.1, 0.15) is 24.8 Å². The van der Waals surface area contributed by atoms with Crippen molar-refractivity contribution in [3.8, 4) is 0 Å². The highest BCUT2D eigenvalue weighted by atomic mass is 16.4. The van der Waals surface area contributed by atoms with Crippen molar-refractivity contribution in [3.05, 3.63) is 78.4 Å². The number of azo groups is 1. The number of hydrogen-bond donors (Lipinski definition) is 1. The van der Waals surface area contributed by atoms with Crippen molar-refractivity contribution in [2.45, 2.75) is 19.3 Å². The van der Waals surface area contributed by atoms with Crippen LogP contribution in [0.3, 0.4) is 0 Å². The van der Waals surface area contributed by atoms with Crippen LogP contribution in [-0.2, 0) is 4.79 Å². The fourth-order valence-corrected chi connectivity index (χ4v) is 4.03. The Morgan fingerprint density at radius 1 is 1.06 bits per heavy atom. The Kier molecular flexibility index (Phi) is 6.85. The number of likely N-dealkylation sites (tertiary alicyclic amines) is 1. The van der Waals surface area contributed by atoms with Gasteiger partial charge in [0, 0.05) is 18.5 Å². The number of carboxylic acids is 1. The van der Waals surface area contributed by atoms with Gasteiger partial charge in [0.25, 0.3) is 0 Å². The van der Waals surface area contributed by atoms with Gasteiger partial charge in [0.1, 0.15) is 0 Å². The Labute approximate surface area is 182 Å². The molecule has 1 heterocycles. The molecule has 1 N–H and O–H groups in total. The van der Waals surface area contributed by atoms with Crippen molar-refractivity contribution in [2.75, 3.05) is 19.6 Å². The van der Waals surface area contributed by atoms with Crippen molar-refractivity contribution in [3.63, 3.8) is 0 Å². The minimum absolute atomic E-state index is 0.221. The van der Waals surface area contributed by atoms with E-state index in [0.717, 1.165) is 60.1 Å². The third-order valence-corrected chi connectivity index (χ3v) is 5.69. The molecule has 3 aromatic rings. The van der Waals surface area contributed by atoms with Crippen LogP contribution in [0.25, 0.3) is 16.8 Å². The van der Waals surface area contributed by atoms with E-state index in [1.807, 2.05) is 42.5 Å². The molecule has 31 heavy (non-hydrogen) atoms. The molecule has 1 saturated heterocycles. The molecule has 4 rings (SSSR count). The molecule has 0 spiro atoms. The third kappa shape index (κ3) is 5.64. The summed E-state index contributed by atoms with van der Waals surface area (Å²) in [6.07, 6.45) is 6.89. The zero-order chi connectivity index (χ0) is 21.5. The molecule has 1 unspecified atom stereocenters. The van der Waals surface area contributed by atoms with Gasteiger partial charge < -0.3 is 10.0 Å². The molecule has 5 nitrogen and oxygen atoms in total. The second kappa shape index (κ2) is 10.1. The summed E-state index contributed by atoms with van der Waals surface area (Å²) in [7, 11) is 0. The van der Waals surface area contributed by atoms with Crippen molar-refractivity contribution < 1.29 is 9.90 Å². The van der Waals surface area contributed by atoms with Gasteiger partial charge in [0.15, 0.2) is 0 Å². The fourth-order valence-electron chi connectivity index (χ4n) is 4.03. The van der Waals surface area contributed by atoms with Gasteiger partial charge in [-0.1, -0.05) is 60.7 Å². The summed E-state index contributed by atoms with van der Waals surface area (Å²) in [6, 6.07) is 22.2. The SMILES string of the molecule is O=C(O)C1CCCN(CCC=Cc2cccc(N=Nc3cccc4ccccc34)c2)C1. The first-order chi connectivity index (χ1) is 15.2. The van der Waals surface area contributed by atoms with E-state index in [9.17, 15) is 9.90 Å². The van der Waals surface area contributed by atoms with E-state index in [0.29, 0.717) is 6.54 Å².